The molecule has 0 atom stereocenters. The highest BCUT2D eigenvalue weighted by Crippen LogP contribution is 2.33. The van der Waals surface area contributed by atoms with E-state index in [0.717, 1.165) is 4.31 Å². The molecule has 0 saturated heterocycles. The summed E-state index contributed by atoms with van der Waals surface area (Å²) in [5.74, 6) is -0.217. The van der Waals surface area contributed by atoms with E-state index in [4.69, 9.17) is 9.47 Å². The summed E-state index contributed by atoms with van der Waals surface area (Å²) in [5, 5.41) is 3.84. The maximum atomic E-state index is 13.5. The van der Waals surface area contributed by atoms with E-state index in [1.54, 1.807) is 24.3 Å². The molecule has 3 aromatic rings. The third kappa shape index (κ3) is 5.77. The van der Waals surface area contributed by atoms with Crippen molar-refractivity contribution in [1.82, 2.24) is 9.73 Å². The van der Waals surface area contributed by atoms with E-state index >= 15 is 0 Å². The van der Waals surface area contributed by atoms with E-state index in [0.29, 0.717) is 35.8 Å². The van der Waals surface area contributed by atoms with Crippen LogP contribution in [0.15, 0.2) is 82.8 Å². The van der Waals surface area contributed by atoms with Crippen molar-refractivity contribution >= 4 is 22.1 Å². The zero-order valence-corrected chi connectivity index (χ0v) is 18.9. The van der Waals surface area contributed by atoms with Gasteiger partial charge in [0.2, 0.25) is 10.0 Å². The Morgan fingerprint density at radius 3 is 2.44 bits per heavy atom. The predicted molar refractivity (Wildman–Crippen MR) is 124 cm³/mol. The second kappa shape index (κ2) is 10.4. The Bertz CT molecular complexity index is 1280. The van der Waals surface area contributed by atoms with Crippen molar-refractivity contribution in [3.8, 4) is 11.5 Å². The highest BCUT2D eigenvalue weighted by molar-refractivity contribution is 7.89. The van der Waals surface area contributed by atoms with Crippen molar-refractivity contribution in [2.24, 2.45) is 5.10 Å². The molecule has 0 radical (unpaired) electrons. The van der Waals surface area contributed by atoms with Crippen LogP contribution in [0.2, 0.25) is 0 Å². The van der Waals surface area contributed by atoms with Crippen molar-refractivity contribution in [2.45, 2.75) is 11.4 Å². The Labute approximate surface area is 196 Å². The normalized spacial score (nSPS) is 13.2. The number of halogens is 1. The number of fused-ring (bicyclic) bond motifs is 1. The van der Waals surface area contributed by atoms with Crippen LogP contribution in [0.25, 0.3) is 0 Å². The Balaban J connectivity index is 1.53. The molecule has 0 saturated carbocycles. The fraction of sp³-hybridized carbons (Fsp3) is 0.167. The second-order valence-corrected chi connectivity index (χ2v) is 9.35. The number of hydrazone groups is 1. The number of hydrogen-bond donors (Lipinski definition) is 1. The number of carbonyl (C=O) groups is 1. The standard InChI is InChI=1S/C24H22FN3O5S/c25-20-8-6-18(7-9-20)15-26-27-24(29)17-28(16-19-4-2-1-3-5-19)34(30,31)21-10-11-22-23(14-21)33-13-12-32-22/h1-11,14-15H,12-13,16-17H2,(H,27,29)/b26-15-. The van der Waals surface area contributed by atoms with Crippen LogP contribution in [-0.4, -0.2) is 44.6 Å². The van der Waals surface area contributed by atoms with Crippen LogP contribution in [0.5, 0.6) is 11.5 Å². The number of sulfonamides is 1. The van der Waals surface area contributed by atoms with Gasteiger partial charge in [-0.25, -0.2) is 18.2 Å². The van der Waals surface area contributed by atoms with Crippen LogP contribution in [0.1, 0.15) is 11.1 Å². The van der Waals surface area contributed by atoms with Crippen molar-refractivity contribution in [3.05, 3.63) is 89.7 Å². The fourth-order valence-corrected chi connectivity index (χ4v) is 4.67. The predicted octanol–water partition coefficient (Wildman–Crippen LogP) is 2.94. The lowest BCUT2D eigenvalue weighted by Gasteiger charge is -2.23. The summed E-state index contributed by atoms with van der Waals surface area (Å²) in [6, 6.07) is 18.8. The summed E-state index contributed by atoms with van der Waals surface area (Å²) in [7, 11) is -4.07. The molecule has 1 N–H and O–H groups in total. The summed E-state index contributed by atoms with van der Waals surface area (Å²) in [4.78, 5) is 12.5. The van der Waals surface area contributed by atoms with E-state index in [1.807, 2.05) is 6.07 Å². The number of amides is 1. The van der Waals surface area contributed by atoms with E-state index < -0.39 is 22.5 Å². The molecule has 10 heteroatoms. The van der Waals surface area contributed by atoms with Gasteiger partial charge in [0.25, 0.3) is 5.91 Å². The Hall–Kier alpha value is -3.76. The Kier molecular flexibility index (Phi) is 7.19. The molecule has 0 bridgehead atoms. The van der Waals surface area contributed by atoms with Crippen LogP contribution in [0, 0.1) is 5.82 Å². The monoisotopic (exact) mass is 483 g/mol. The molecule has 3 aromatic carbocycles. The quantitative estimate of drug-likeness (QED) is 0.393. The van der Waals surface area contributed by atoms with Gasteiger partial charge in [-0.1, -0.05) is 42.5 Å². The van der Waals surface area contributed by atoms with Crippen molar-refractivity contribution < 1.29 is 27.1 Å². The van der Waals surface area contributed by atoms with Crippen molar-refractivity contribution in [2.75, 3.05) is 19.8 Å². The van der Waals surface area contributed by atoms with Crippen molar-refractivity contribution in [3.63, 3.8) is 0 Å². The maximum Gasteiger partial charge on any atom is 0.255 e. The second-order valence-electron chi connectivity index (χ2n) is 7.41. The van der Waals surface area contributed by atoms with Crippen LogP contribution < -0.4 is 14.9 Å². The molecule has 0 spiro atoms. The van der Waals surface area contributed by atoms with E-state index in [-0.39, 0.29) is 17.3 Å². The van der Waals surface area contributed by atoms with Crippen LogP contribution in [0.4, 0.5) is 4.39 Å². The van der Waals surface area contributed by atoms with Gasteiger partial charge in [-0.2, -0.15) is 9.41 Å². The molecule has 0 fully saturated rings. The number of nitrogens with zero attached hydrogens (tertiary/aromatic N) is 2. The van der Waals surface area contributed by atoms with E-state index in [2.05, 4.69) is 10.5 Å². The number of rotatable bonds is 8. The van der Waals surface area contributed by atoms with Gasteiger partial charge >= 0.3 is 0 Å². The minimum Gasteiger partial charge on any atom is -0.486 e. The van der Waals surface area contributed by atoms with Gasteiger partial charge in [-0.15, -0.1) is 0 Å². The lowest BCUT2D eigenvalue weighted by atomic mass is 10.2. The molecular weight excluding hydrogens is 461 g/mol. The molecule has 176 valence electrons. The lowest BCUT2D eigenvalue weighted by Crippen LogP contribution is -2.39. The van der Waals surface area contributed by atoms with E-state index in [9.17, 15) is 17.6 Å². The lowest BCUT2D eigenvalue weighted by molar-refractivity contribution is -0.121. The first-order chi connectivity index (χ1) is 16.4. The number of nitrogens with one attached hydrogen (secondary N) is 1. The topological polar surface area (TPSA) is 97.3 Å². The molecule has 34 heavy (non-hydrogen) atoms. The van der Waals surface area contributed by atoms with Gasteiger partial charge in [0.15, 0.2) is 11.5 Å². The Morgan fingerprint density at radius 1 is 1.00 bits per heavy atom. The first-order valence-corrected chi connectivity index (χ1v) is 11.9. The minimum absolute atomic E-state index is 0.0182. The third-order valence-electron chi connectivity index (χ3n) is 4.95. The van der Waals surface area contributed by atoms with Gasteiger partial charge in [0.1, 0.15) is 19.0 Å². The molecule has 0 aliphatic carbocycles. The summed E-state index contributed by atoms with van der Waals surface area (Å²) < 4.78 is 52.0. The van der Waals surface area contributed by atoms with Gasteiger partial charge in [-0.05, 0) is 35.4 Å². The summed E-state index contributed by atoms with van der Waals surface area (Å²) >= 11 is 0. The Morgan fingerprint density at radius 2 is 1.71 bits per heavy atom. The van der Waals surface area contributed by atoms with Crippen LogP contribution in [0.3, 0.4) is 0 Å². The average Bonchev–Trinajstić information content (AvgIpc) is 2.85. The molecule has 4 rings (SSSR count). The largest absolute Gasteiger partial charge is 0.486 e. The zero-order chi connectivity index (χ0) is 24.0. The average molecular weight is 484 g/mol. The summed E-state index contributed by atoms with van der Waals surface area (Å²) in [6.07, 6.45) is 1.34. The molecule has 1 aliphatic heterocycles. The molecule has 1 amide bonds. The van der Waals surface area contributed by atoms with Crippen LogP contribution >= 0.6 is 0 Å². The fourth-order valence-electron chi connectivity index (χ4n) is 3.27. The van der Waals surface area contributed by atoms with Gasteiger partial charge in [-0.3, -0.25) is 4.79 Å². The minimum atomic E-state index is -4.07. The SMILES string of the molecule is O=C(CN(Cc1ccccc1)S(=O)(=O)c1ccc2c(c1)OCCO2)N/N=C\c1ccc(F)cc1. The van der Waals surface area contributed by atoms with Gasteiger partial charge in [0.05, 0.1) is 17.7 Å². The zero-order valence-electron chi connectivity index (χ0n) is 18.1. The van der Waals surface area contributed by atoms with Crippen LogP contribution in [-0.2, 0) is 21.4 Å². The van der Waals surface area contributed by atoms with Crippen molar-refractivity contribution in [1.29, 1.82) is 0 Å². The smallest absolute Gasteiger partial charge is 0.255 e. The molecule has 1 heterocycles. The highest BCUT2D eigenvalue weighted by atomic mass is 32.2. The van der Waals surface area contributed by atoms with Gasteiger partial charge < -0.3 is 9.47 Å². The highest BCUT2D eigenvalue weighted by Gasteiger charge is 2.28. The molecule has 0 unspecified atom stereocenters. The number of carbonyl (C=O) groups excluding carboxylic acids is 1. The molecule has 1 aliphatic rings. The summed E-state index contributed by atoms with van der Waals surface area (Å²) in [5.41, 5.74) is 3.61. The van der Waals surface area contributed by atoms with Gasteiger partial charge in [0, 0.05) is 12.6 Å². The third-order valence-corrected chi connectivity index (χ3v) is 6.73. The molecular formula is C24H22FN3O5S. The van der Waals surface area contributed by atoms with E-state index in [1.165, 1.54) is 48.7 Å². The molecule has 8 nitrogen and oxygen atoms in total. The molecule has 0 aromatic heterocycles. The first kappa shape index (κ1) is 23.4. The summed E-state index contributed by atoms with van der Waals surface area (Å²) in [6.45, 7) is 0.218. The maximum absolute atomic E-state index is 13.5. The first-order valence-electron chi connectivity index (χ1n) is 10.4. The number of benzene rings is 3. The number of hydrogen-bond acceptors (Lipinski definition) is 6. The number of ether oxygens (including phenoxy) is 2.